The van der Waals surface area contributed by atoms with Gasteiger partial charge in [-0.2, -0.15) is 0 Å². The van der Waals surface area contributed by atoms with Gasteiger partial charge in [0.05, 0.1) is 40.8 Å². The smallest absolute Gasteiger partial charge is 0.338 e. The summed E-state index contributed by atoms with van der Waals surface area (Å²) in [4.78, 5) is 24.3. The Labute approximate surface area is 198 Å². The van der Waals surface area contributed by atoms with Gasteiger partial charge in [0, 0.05) is 5.69 Å². The normalized spacial score (nSPS) is 10.9. The third-order valence-electron chi connectivity index (χ3n) is 4.74. The van der Waals surface area contributed by atoms with Crippen molar-refractivity contribution in [1.29, 1.82) is 0 Å². The fourth-order valence-corrected chi connectivity index (χ4v) is 4.58. The lowest BCUT2D eigenvalue weighted by Gasteiger charge is -2.13. The van der Waals surface area contributed by atoms with E-state index in [1.165, 1.54) is 18.2 Å². The second-order valence-electron chi connectivity index (χ2n) is 7.10. The average Bonchev–Trinajstić information content (AvgIpc) is 2.84. The molecule has 0 fully saturated rings. The van der Waals surface area contributed by atoms with E-state index >= 15 is 0 Å². The first-order valence-electron chi connectivity index (χ1n) is 10.7. The van der Waals surface area contributed by atoms with E-state index in [9.17, 15) is 18.0 Å². The molecule has 0 saturated heterocycles. The van der Waals surface area contributed by atoms with Crippen LogP contribution in [0.4, 0.5) is 11.4 Å². The van der Waals surface area contributed by atoms with Crippen LogP contribution in [0.25, 0.3) is 0 Å². The summed E-state index contributed by atoms with van der Waals surface area (Å²) in [6.07, 6.45) is 0. The molecule has 3 aromatic rings. The number of ether oxygens (including phenoxy) is 2. The summed E-state index contributed by atoms with van der Waals surface area (Å²) >= 11 is 0. The molecule has 0 unspecified atom stereocenters. The van der Waals surface area contributed by atoms with Crippen molar-refractivity contribution >= 4 is 33.1 Å². The largest absolute Gasteiger partial charge is 0.494 e. The van der Waals surface area contributed by atoms with Crippen LogP contribution in [0, 0.1) is 0 Å². The number of esters is 1. The molecule has 2 N–H and O–H groups in total. The number of benzene rings is 3. The van der Waals surface area contributed by atoms with E-state index in [1.807, 2.05) is 6.92 Å². The predicted octanol–water partition coefficient (Wildman–Crippen LogP) is 4.15. The maximum atomic E-state index is 13.2. The summed E-state index contributed by atoms with van der Waals surface area (Å²) < 4.78 is 36.7. The highest BCUT2D eigenvalue weighted by Gasteiger charge is 2.21. The summed E-state index contributed by atoms with van der Waals surface area (Å²) in [6.45, 7) is 4.17. The topological polar surface area (TPSA) is 111 Å². The quantitative estimate of drug-likeness (QED) is 0.418. The molecule has 3 aromatic carbocycles. The maximum Gasteiger partial charge on any atom is 0.338 e. The Morgan fingerprint density at radius 2 is 1.53 bits per heavy atom. The van der Waals surface area contributed by atoms with Gasteiger partial charge in [0.2, 0.25) is 15.7 Å². The van der Waals surface area contributed by atoms with Crippen molar-refractivity contribution in [3.05, 3.63) is 78.4 Å². The van der Waals surface area contributed by atoms with Crippen molar-refractivity contribution in [2.24, 2.45) is 0 Å². The van der Waals surface area contributed by atoms with Crippen LogP contribution in [-0.2, 0) is 19.4 Å². The third-order valence-corrected chi connectivity index (χ3v) is 6.57. The lowest BCUT2D eigenvalue weighted by atomic mass is 10.2. The van der Waals surface area contributed by atoms with Gasteiger partial charge in [-0.25, -0.2) is 13.2 Å². The van der Waals surface area contributed by atoms with Crippen molar-refractivity contribution in [3.63, 3.8) is 0 Å². The molecule has 9 heteroatoms. The van der Waals surface area contributed by atoms with E-state index in [-0.39, 0.29) is 28.8 Å². The van der Waals surface area contributed by atoms with Gasteiger partial charge in [0.15, 0.2) is 0 Å². The molecule has 0 aliphatic carbocycles. The molecule has 0 heterocycles. The third kappa shape index (κ3) is 6.14. The van der Waals surface area contributed by atoms with Crippen LogP contribution >= 0.6 is 0 Å². The molecule has 0 aromatic heterocycles. The number of nitrogens with one attached hydrogen (secondary N) is 2. The first-order chi connectivity index (χ1) is 16.3. The zero-order valence-corrected chi connectivity index (χ0v) is 19.7. The highest BCUT2D eigenvalue weighted by Crippen LogP contribution is 2.28. The zero-order chi connectivity index (χ0) is 24.6. The Morgan fingerprint density at radius 1 is 0.853 bits per heavy atom. The number of anilines is 2. The lowest BCUT2D eigenvalue weighted by Crippen LogP contribution is -2.22. The number of rotatable bonds is 10. The van der Waals surface area contributed by atoms with E-state index in [2.05, 4.69) is 10.6 Å². The Kier molecular flexibility index (Phi) is 8.26. The molecule has 3 rings (SSSR count). The van der Waals surface area contributed by atoms with Crippen LogP contribution in [0.1, 0.15) is 24.2 Å². The first-order valence-corrected chi connectivity index (χ1v) is 12.2. The van der Waals surface area contributed by atoms with E-state index in [1.54, 1.807) is 61.5 Å². The van der Waals surface area contributed by atoms with Crippen LogP contribution in [0.2, 0.25) is 0 Å². The second kappa shape index (κ2) is 11.3. The molecule has 0 radical (unpaired) electrons. The number of amides is 1. The number of hydrogen-bond donors (Lipinski definition) is 2. The minimum absolute atomic E-state index is 0.0609. The highest BCUT2D eigenvalue weighted by molar-refractivity contribution is 7.91. The lowest BCUT2D eigenvalue weighted by molar-refractivity contribution is -0.114. The Morgan fingerprint density at radius 3 is 2.18 bits per heavy atom. The summed E-state index contributed by atoms with van der Waals surface area (Å²) in [6, 6.07) is 18.9. The molecular formula is C25H26N2O6S. The number of hydrogen-bond acceptors (Lipinski definition) is 7. The predicted molar refractivity (Wildman–Crippen MR) is 129 cm³/mol. The molecule has 178 valence electrons. The summed E-state index contributed by atoms with van der Waals surface area (Å²) in [7, 11) is -3.82. The van der Waals surface area contributed by atoms with Gasteiger partial charge in [-0.05, 0) is 74.5 Å². The van der Waals surface area contributed by atoms with Crippen LogP contribution in [-0.4, -0.2) is 40.1 Å². The molecule has 0 aliphatic rings. The first kappa shape index (κ1) is 24.8. The fourth-order valence-electron chi connectivity index (χ4n) is 3.14. The van der Waals surface area contributed by atoms with Gasteiger partial charge in [0.1, 0.15) is 5.75 Å². The Bertz CT molecular complexity index is 1240. The monoisotopic (exact) mass is 482 g/mol. The maximum absolute atomic E-state index is 13.2. The van der Waals surface area contributed by atoms with Gasteiger partial charge in [-0.3, -0.25) is 4.79 Å². The highest BCUT2D eigenvalue weighted by atomic mass is 32.2. The van der Waals surface area contributed by atoms with Crippen LogP contribution < -0.4 is 15.4 Å². The Balaban J connectivity index is 1.68. The van der Waals surface area contributed by atoms with Gasteiger partial charge in [-0.1, -0.05) is 12.1 Å². The molecule has 0 saturated carbocycles. The van der Waals surface area contributed by atoms with Gasteiger partial charge in [-0.15, -0.1) is 0 Å². The summed E-state index contributed by atoms with van der Waals surface area (Å²) in [5.41, 5.74) is 1.19. The zero-order valence-electron chi connectivity index (χ0n) is 18.9. The molecule has 8 nitrogen and oxygen atoms in total. The second-order valence-corrected chi connectivity index (χ2v) is 9.02. The van der Waals surface area contributed by atoms with Crippen molar-refractivity contribution in [1.82, 2.24) is 0 Å². The fraction of sp³-hybridized carbons (Fsp3) is 0.200. The number of carbonyl (C=O) groups excluding carboxylic acids is 2. The Hall–Kier alpha value is -3.85. The van der Waals surface area contributed by atoms with E-state index in [0.717, 1.165) is 0 Å². The number of sulfone groups is 1. The van der Waals surface area contributed by atoms with E-state index in [0.29, 0.717) is 29.3 Å². The van der Waals surface area contributed by atoms with Gasteiger partial charge >= 0.3 is 5.97 Å². The van der Waals surface area contributed by atoms with Crippen molar-refractivity contribution in [2.45, 2.75) is 23.6 Å². The summed E-state index contributed by atoms with van der Waals surface area (Å²) in [5, 5.41) is 5.60. The molecule has 0 aliphatic heterocycles. The standard InChI is InChI=1S/C25H26N2O6S/c1-3-32-20-13-15-21(16-14-20)34(30,31)23-8-6-5-7-22(23)26-17-24(28)27-19-11-9-18(10-12-19)25(29)33-4-2/h5-16,26H,3-4,17H2,1-2H3,(H,27,28). The van der Waals surface area contributed by atoms with Crippen LogP contribution in [0.5, 0.6) is 5.75 Å². The van der Waals surface area contributed by atoms with Gasteiger partial charge in [0.25, 0.3) is 0 Å². The number of carbonyl (C=O) groups is 2. The molecule has 0 atom stereocenters. The van der Waals surface area contributed by atoms with Crippen molar-refractivity contribution in [2.75, 3.05) is 30.4 Å². The number of para-hydroxylation sites is 1. The van der Waals surface area contributed by atoms with E-state index in [4.69, 9.17) is 9.47 Å². The summed E-state index contributed by atoms with van der Waals surface area (Å²) in [5.74, 6) is -0.232. The molecule has 0 bridgehead atoms. The molecule has 34 heavy (non-hydrogen) atoms. The minimum Gasteiger partial charge on any atom is -0.494 e. The van der Waals surface area contributed by atoms with Gasteiger partial charge < -0.3 is 20.1 Å². The minimum atomic E-state index is -3.82. The van der Waals surface area contributed by atoms with Crippen molar-refractivity contribution in [3.8, 4) is 5.75 Å². The van der Waals surface area contributed by atoms with Crippen LogP contribution in [0.15, 0.2) is 82.6 Å². The molecule has 1 amide bonds. The molecule has 0 spiro atoms. The SMILES string of the molecule is CCOC(=O)c1ccc(NC(=O)CNc2ccccc2S(=O)(=O)c2ccc(OCC)cc2)cc1. The van der Waals surface area contributed by atoms with Crippen molar-refractivity contribution < 1.29 is 27.5 Å². The van der Waals surface area contributed by atoms with Crippen LogP contribution in [0.3, 0.4) is 0 Å². The van der Waals surface area contributed by atoms with E-state index < -0.39 is 15.8 Å². The molecular weight excluding hydrogens is 456 g/mol. The average molecular weight is 483 g/mol.